The van der Waals surface area contributed by atoms with Gasteiger partial charge in [-0.25, -0.2) is 0 Å². The second-order valence-electron chi connectivity index (χ2n) is 5.75. The Morgan fingerprint density at radius 3 is 2.73 bits per heavy atom. The fourth-order valence-electron chi connectivity index (χ4n) is 2.80. The van der Waals surface area contributed by atoms with E-state index in [0.717, 1.165) is 56.5 Å². The molecule has 0 N–H and O–H groups in total. The lowest BCUT2D eigenvalue weighted by atomic mass is 10.1. The number of ether oxygens (including phenoxy) is 1. The van der Waals surface area contributed by atoms with E-state index in [0.29, 0.717) is 11.6 Å². The summed E-state index contributed by atoms with van der Waals surface area (Å²) in [7, 11) is 0. The van der Waals surface area contributed by atoms with E-state index >= 15 is 0 Å². The first-order chi connectivity index (χ1) is 10.6. The van der Waals surface area contributed by atoms with Gasteiger partial charge in [0.1, 0.15) is 11.6 Å². The van der Waals surface area contributed by atoms with Crippen molar-refractivity contribution in [3.8, 4) is 6.07 Å². The summed E-state index contributed by atoms with van der Waals surface area (Å²) in [5.74, 6) is 0.724. The predicted molar refractivity (Wildman–Crippen MR) is 86.0 cm³/mol. The zero-order chi connectivity index (χ0) is 16.1. The predicted octanol–water partition coefficient (Wildman–Crippen LogP) is 1.51. The van der Waals surface area contributed by atoms with Gasteiger partial charge in [0.25, 0.3) is 0 Å². The fourth-order valence-corrected chi connectivity index (χ4v) is 2.80. The van der Waals surface area contributed by atoms with Crippen LogP contribution in [0.3, 0.4) is 0 Å². The van der Waals surface area contributed by atoms with Gasteiger partial charge in [-0.2, -0.15) is 10.4 Å². The topological polar surface area (TPSA) is 65.3 Å². The van der Waals surface area contributed by atoms with Crippen LogP contribution in [-0.4, -0.2) is 60.5 Å². The molecule has 0 saturated carbocycles. The third-order valence-corrected chi connectivity index (χ3v) is 4.34. The Morgan fingerprint density at radius 1 is 1.32 bits per heavy atom. The molecule has 6 nitrogen and oxygen atoms in total. The minimum absolute atomic E-state index is 0.407. The molecule has 0 amide bonds. The number of nitrogens with zero attached hydrogens (tertiary/aromatic N) is 5. The molecule has 120 valence electrons. The second kappa shape index (κ2) is 7.52. The maximum absolute atomic E-state index is 9.44. The Balaban J connectivity index is 2.08. The highest BCUT2D eigenvalue weighted by molar-refractivity contribution is 5.57. The molecule has 1 unspecified atom stereocenters. The summed E-state index contributed by atoms with van der Waals surface area (Å²) >= 11 is 0. The van der Waals surface area contributed by atoms with Gasteiger partial charge in [-0.05, 0) is 33.3 Å². The van der Waals surface area contributed by atoms with Crippen molar-refractivity contribution in [3.63, 3.8) is 0 Å². The molecule has 2 rings (SSSR count). The van der Waals surface area contributed by atoms with Crippen molar-refractivity contribution in [2.75, 3.05) is 44.3 Å². The van der Waals surface area contributed by atoms with Crippen molar-refractivity contribution < 1.29 is 4.74 Å². The van der Waals surface area contributed by atoms with Crippen LogP contribution >= 0.6 is 0 Å². The summed E-state index contributed by atoms with van der Waals surface area (Å²) in [6.45, 7) is 13.2. The molecule has 1 saturated heterocycles. The van der Waals surface area contributed by atoms with Crippen molar-refractivity contribution >= 4 is 5.82 Å². The van der Waals surface area contributed by atoms with Gasteiger partial charge in [-0.1, -0.05) is 0 Å². The zero-order valence-electron chi connectivity index (χ0n) is 14.0. The molecular formula is C16H25N5O. The number of hydrogen-bond donors (Lipinski definition) is 0. The molecule has 0 spiro atoms. The molecule has 0 radical (unpaired) electrons. The van der Waals surface area contributed by atoms with Crippen LogP contribution in [0.25, 0.3) is 0 Å². The summed E-state index contributed by atoms with van der Waals surface area (Å²) < 4.78 is 5.44. The Bertz CT molecular complexity index is 554. The van der Waals surface area contributed by atoms with E-state index < -0.39 is 0 Å². The van der Waals surface area contributed by atoms with Gasteiger partial charge in [0.2, 0.25) is 0 Å². The Kier molecular flexibility index (Phi) is 5.69. The zero-order valence-corrected chi connectivity index (χ0v) is 14.0. The summed E-state index contributed by atoms with van der Waals surface area (Å²) in [5.41, 5.74) is 2.41. The molecule has 1 aliphatic heterocycles. The first kappa shape index (κ1) is 16.7. The summed E-state index contributed by atoms with van der Waals surface area (Å²) in [5, 5.41) is 17.9. The number of aryl methyl sites for hydroxylation is 1. The lowest BCUT2D eigenvalue weighted by Crippen LogP contribution is -2.53. The minimum Gasteiger partial charge on any atom is -0.380 e. The molecule has 0 bridgehead atoms. The number of piperazine rings is 1. The Morgan fingerprint density at radius 2 is 2.09 bits per heavy atom. The molecule has 6 heteroatoms. The van der Waals surface area contributed by atoms with E-state index in [4.69, 9.17) is 4.74 Å². The lowest BCUT2D eigenvalue weighted by Gasteiger charge is -2.40. The third-order valence-electron chi connectivity index (χ3n) is 4.34. The number of rotatable bonds is 5. The van der Waals surface area contributed by atoms with Crippen molar-refractivity contribution in [2.45, 2.75) is 33.7 Å². The molecule has 22 heavy (non-hydrogen) atoms. The number of anilines is 1. The number of hydrogen-bond acceptors (Lipinski definition) is 6. The Hall–Kier alpha value is -1.71. The standard InChI is InChI=1S/C16H25N5O/c1-5-22-9-8-20-6-7-21(11-12(20)2)16-15(10-17)13(3)14(4)18-19-16/h12H,5-9,11H2,1-4H3. The lowest BCUT2D eigenvalue weighted by molar-refractivity contribution is 0.0925. The van der Waals surface area contributed by atoms with Crippen LogP contribution in [0, 0.1) is 25.2 Å². The third kappa shape index (κ3) is 3.54. The normalized spacial score (nSPS) is 19.2. The van der Waals surface area contributed by atoms with E-state index in [1.807, 2.05) is 20.8 Å². The van der Waals surface area contributed by atoms with E-state index in [1.165, 1.54) is 0 Å². The van der Waals surface area contributed by atoms with Gasteiger partial charge in [0.15, 0.2) is 5.82 Å². The average molecular weight is 303 g/mol. The molecule has 0 aromatic carbocycles. The van der Waals surface area contributed by atoms with Crippen LogP contribution in [0.15, 0.2) is 0 Å². The molecule has 1 aromatic rings. The van der Waals surface area contributed by atoms with Crippen molar-refractivity contribution in [3.05, 3.63) is 16.8 Å². The largest absolute Gasteiger partial charge is 0.380 e. The van der Waals surface area contributed by atoms with E-state index in [2.05, 4.69) is 33.0 Å². The fraction of sp³-hybridized carbons (Fsp3) is 0.688. The first-order valence-corrected chi connectivity index (χ1v) is 7.89. The highest BCUT2D eigenvalue weighted by Crippen LogP contribution is 2.23. The highest BCUT2D eigenvalue weighted by atomic mass is 16.5. The number of aromatic nitrogens is 2. The van der Waals surface area contributed by atoms with E-state index in [-0.39, 0.29) is 0 Å². The van der Waals surface area contributed by atoms with Crippen LogP contribution in [0.5, 0.6) is 0 Å². The smallest absolute Gasteiger partial charge is 0.169 e. The molecule has 1 fully saturated rings. The monoisotopic (exact) mass is 303 g/mol. The SMILES string of the molecule is CCOCCN1CCN(c2nnc(C)c(C)c2C#N)CC1C. The summed E-state index contributed by atoms with van der Waals surface area (Å²) in [6.07, 6.45) is 0. The number of nitriles is 1. The molecule has 1 atom stereocenters. The molecular weight excluding hydrogens is 278 g/mol. The minimum atomic E-state index is 0.407. The van der Waals surface area contributed by atoms with Crippen LogP contribution in [-0.2, 0) is 4.74 Å². The first-order valence-electron chi connectivity index (χ1n) is 7.89. The summed E-state index contributed by atoms with van der Waals surface area (Å²) in [6, 6.07) is 2.70. The maximum Gasteiger partial charge on any atom is 0.169 e. The maximum atomic E-state index is 9.44. The average Bonchev–Trinajstić information content (AvgIpc) is 2.51. The van der Waals surface area contributed by atoms with Gasteiger partial charge < -0.3 is 9.64 Å². The van der Waals surface area contributed by atoms with Crippen molar-refractivity contribution in [1.29, 1.82) is 5.26 Å². The molecule has 0 aliphatic carbocycles. The van der Waals surface area contributed by atoms with Gasteiger partial charge in [0.05, 0.1) is 12.3 Å². The van der Waals surface area contributed by atoms with Crippen LogP contribution in [0.2, 0.25) is 0 Å². The van der Waals surface area contributed by atoms with E-state index in [1.54, 1.807) is 0 Å². The molecule has 1 aromatic heterocycles. The highest BCUT2D eigenvalue weighted by Gasteiger charge is 2.26. The van der Waals surface area contributed by atoms with Crippen molar-refractivity contribution in [1.82, 2.24) is 15.1 Å². The van der Waals surface area contributed by atoms with Crippen LogP contribution < -0.4 is 4.90 Å². The Labute approximate surface area is 132 Å². The van der Waals surface area contributed by atoms with Gasteiger partial charge >= 0.3 is 0 Å². The van der Waals surface area contributed by atoms with Gasteiger partial charge in [-0.3, -0.25) is 4.90 Å². The van der Waals surface area contributed by atoms with E-state index in [9.17, 15) is 5.26 Å². The second-order valence-corrected chi connectivity index (χ2v) is 5.75. The molecule has 1 aliphatic rings. The summed E-state index contributed by atoms with van der Waals surface area (Å²) in [4.78, 5) is 4.60. The van der Waals surface area contributed by atoms with Gasteiger partial charge in [0, 0.05) is 38.8 Å². The quantitative estimate of drug-likeness (QED) is 0.768. The van der Waals surface area contributed by atoms with Crippen LogP contribution in [0.4, 0.5) is 5.82 Å². The van der Waals surface area contributed by atoms with Gasteiger partial charge in [-0.15, -0.1) is 5.10 Å². The van der Waals surface area contributed by atoms with Crippen molar-refractivity contribution in [2.24, 2.45) is 0 Å². The molecule has 2 heterocycles. The van der Waals surface area contributed by atoms with Crippen LogP contribution in [0.1, 0.15) is 30.7 Å².